The van der Waals surface area contributed by atoms with Gasteiger partial charge in [-0.2, -0.15) is 0 Å². The van der Waals surface area contributed by atoms with E-state index >= 15 is 0 Å². The SMILES string of the molecule is COc1cc(C)cc(C)c1NC(=O)C=O. The van der Waals surface area contributed by atoms with Crippen molar-refractivity contribution in [3.05, 3.63) is 23.3 Å². The normalized spacial score (nSPS) is 9.53. The fraction of sp³-hybridized carbons (Fsp3) is 0.273. The summed E-state index contributed by atoms with van der Waals surface area (Å²) < 4.78 is 5.12. The van der Waals surface area contributed by atoms with E-state index in [0.29, 0.717) is 11.4 Å². The number of carbonyl (C=O) groups is 2. The summed E-state index contributed by atoms with van der Waals surface area (Å²) in [7, 11) is 1.52. The molecule has 0 aliphatic rings. The highest BCUT2D eigenvalue weighted by atomic mass is 16.5. The van der Waals surface area contributed by atoms with E-state index in [9.17, 15) is 9.59 Å². The van der Waals surface area contributed by atoms with E-state index in [-0.39, 0.29) is 6.29 Å². The largest absolute Gasteiger partial charge is 0.495 e. The van der Waals surface area contributed by atoms with Gasteiger partial charge < -0.3 is 10.1 Å². The maximum Gasteiger partial charge on any atom is 0.288 e. The summed E-state index contributed by atoms with van der Waals surface area (Å²) in [5.74, 6) is -0.122. The Morgan fingerprint density at radius 1 is 1.40 bits per heavy atom. The Morgan fingerprint density at radius 3 is 2.60 bits per heavy atom. The number of carbonyl (C=O) groups excluding carboxylic acids is 2. The second kappa shape index (κ2) is 4.59. The van der Waals surface area contributed by atoms with Crippen molar-refractivity contribution in [2.75, 3.05) is 12.4 Å². The minimum Gasteiger partial charge on any atom is -0.495 e. The minimum absolute atomic E-state index is 0.235. The summed E-state index contributed by atoms with van der Waals surface area (Å²) in [5, 5.41) is 2.47. The first-order valence-corrected chi connectivity index (χ1v) is 4.50. The zero-order valence-corrected chi connectivity index (χ0v) is 8.96. The second-order valence-corrected chi connectivity index (χ2v) is 3.27. The van der Waals surface area contributed by atoms with Crippen LogP contribution in [-0.4, -0.2) is 19.3 Å². The molecule has 0 saturated heterocycles. The fourth-order valence-corrected chi connectivity index (χ4v) is 1.40. The number of hydrogen-bond acceptors (Lipinski definition) is 3. The monoisotopic (exact) mass is 207 g/mol. The minimum atomic E-state index is -0.680. The number of aldehydes is 1. The predicted molar refractivity (Wildman–Crippen MR) is 57.2 cm³/mol. The quantitative estimate of drug-likeness (QED) is 0.603. The van der Waals surface area contributed by atoms with Gasteiger partial charge in [-0.15, -0.1) is 0 Å². The molecule has 0 aliphatic heterocycles. The molecule has 1 N–H and O–H groups in total. The van der Waals surface area contributed by atoms with Crippen LogP contribution in [0.15, 0.2) is 12.1 Å². The first kappa shape index (κ1) is 11.2. The molecular weight excluding hydrogens is 194 g/mol. The van der Waals surface area contributed by atoms with Crippen LogP contribution in [0.5, 0.6) is 5.75 Å². The summed E-state index contributed by atoms with van der Waals surface area (Å²) in [4.78, 5) is 21.2. The van der Waals surface area contributed by atoms with Crippen molar-refractivity contribution >= 4 is 17.9 Å². The standard InChI is InChI=1S/C11H13NO3/c1-7-4-8(2)11(9(5-7)15-3)12-10(14)6-13/h4-6H,1-3H3,(H,12,14). The van der Waals surface area contributed by atoms with Crippen molar-refractivity contribution in [3.63, 3.8) is 0 Å². The number of methoxy groups -OCH3 is 1. The Hall–Kier alpha value is -1.84. The summed E-state index contributed by atoms with van der Waals surface area (Å²) in [6, 6.07) is 3.70. The van der Waals surface area contributed by atoms with E-state index < -0.39 is 5.91 Å². The molecule has 1 amide bonds. The number of rotatable bonds is 3. The van der Waals surface area contributed by atoms with E-state index in [0.717, 1.165) is 11.1 Å². The molecule has 4 heteroatoms. The summed E-state index contributed by atoms with van der Waals surface area (Å²) in [6.45, 7) is 3.77. The Balaban J connectivity index is 3.14. The van der Waals surface area contributed by atoms with Crippen molar-refractivity contribution in [2.45, 2.75) is 13.8 Å². The Labute approximate surface area is 88.2 Å². The van der Waals surface area contributed by atoms with E-state index in [4.69, 9.17) is 4.74 Å². The molecule has 1 rings (SSSR count). The highest BCUT2D eigenvalue weighted by molar-refractivity contribution is 6.29. The zero-order valence-electron chi connectivity index (χ0n) is 8.96. The Kier molecular flexibility index (Phi) is 3.44. The molecule has 0 fully saturated rings. The smallest absolute Gasteiger partial charge is 0.288 e. The maximum absolute atomic E-state index is 11.0. The third-order valence-corrected chi connectivity index (χ3v) is 2.02. The number of benzene rings is 1. The molecule has 0 spiro atoms. The molecule has 0 unspecified atom stereocenters. The average Bonchev–Trinajstić information content (AvgIpc) is 2.21. The van der Waals surface area contributed by atoms with Crippen LogP contribution in [0.2, 0.25) is 0 Å². The molecule has 4 nitrogen and oxygen atoms in total. The Morgan fingerprint density at radius 2 is 2.07 bits per heavy atom. The number of nitrogens with one attached hydrogen (secondary N) is 1. The van der Waals surface area contributed by atoms with Crippen LogP contribution < -0.4 is 10.1 Å². The number of amides is 1. The first-order chi connectivity index (χ1) is 7.08. The van der Waals surface area contributed by atoms with Crippen molar-refractivity contribution in [2.24, 2.45) is 0 Å². The second-order valence-electron chi connectivity index (χ2n) is 3.27. The molecule has 0 aliphatic carbocycles. The summed E-state index contributed by atoms with van der Waals surface area (Å²) in [6.07, 6.45) is 0.235. The summed E-state index contributed by atoms with van der Waals surface area (Å²) in [5.41, 5.74) is 2.44. The van der Waals surface area contributed by atoms with Gasteiger partial charge in [0.15, 0.2) is 0 Å². The molecular formula is C11H13NO3. The van der Waals surface area contributed by atoms with Gasteiger partial charge in [-0.1, -0.05) is 6.07 Å². The zero-order chi connectivity index (χ0) is 11.4. The lowest BCUT2D eigenvalue weighted by molar-refractivity contribution is -0.127. The number of ether oxygens (including phenoxy) is 1. The first-order valence-electron chi connectivity index (χ1n) is 4.50. The van der Waals surface area contributed by atoms with Crippen molar-refractivity contribution < 1.29 is 14.3 Å². The number of hydrogen-bond donors (Lipinski definition) is 1. The van der Waals surface area contributed by atoms with E-state index in [2.05, 4.69) is 5.32 Å². The molecule has 0 bridgehead atoms. The molecule has 80 valence electrons. The molecule has 1 aromatic carbocycles. The van der Waals surface area contributed by atoms with Crippen LogP contribution in [-0.2, 0) is 9.59 Å². The van der Waals surface area contributed by atoms with Crippen LogP contribution in [0.3, 0.4) is 0 Å². The van der Waals surface area contributed by atoms with Crippen molar-refractivity contribution in [1.82, 2.24) is 0 Å². The molecule has 15 heavy (non-hydrogen) atoms. The maximum atomic E-state index is 11.0. The molecule has 0 saturated carbocycles. The third kappa shape index (κ3) is 2.56. The van der Waals surface area contributed by atoms with Crippen LogP contribution in [0.1, 0.15) is 11.1 Å². The van der Waals surface area contributed by atoms with Crippen LogP contribution >= 0.6 is 0 Å². The van der Waals surface area contributed by atoms with E-state index in [1.807, 2.05) is 19.9 Å². The van der Waals surface area contributed by atoms with Crippen LogP contribution in [0.25, 0.3) is 0 Å². The molecule has 0 aromatic heterocycles. The van der Waals surface area contributed by atoms with Crippen molar-refractivity contribution in [1.29, 1.82) is 0 Å². The van der Waals surface area contributed by atoms with Gasteiger partial charge in [0.25, 0.3) is 5.91 Å². The van der Waals surface area contributed by atoms with Gasteiger partial charge in [0.1, 0.15) is 5.75 Å². The van der Waals surface area contributed by atoms with Crippen LogP contribution in [0.4, 0.5) is 5.69 Å². The molecule has 0 atom stereocenters. The predicted octanol–water partition coefficient (Wildman–Crippen LogP) is 1.45. The van der Waals surface area contributed by atoms with Crippen molar-refractivity contribution in [3.8, 4) is 5.75 Å². The molecule has 1 aromatic rings. The molecule has 0 radical (unpaired) electrons. The lowest BCUT2D eigenvalue weighted by Gasteiger charge is -2.12. The van der Waals surface area contributed by atoms with E-state index in [1.165, 1.54) is 7.11 Å². The van der Waals surface area contributed by atoms with Gasteiger partial charge in [0.2, 0.25) is 6.29 Å². The van der Waals surface area contributed by atoms with Gasteiger partial charge in [-0.05, 0) is 31.0 Å². The lowest BCUT2D eigenvalue weighted by Crippen LogP contribution is -2.14. The summed E-state index contributed by atoms with van der Waals surface area (Å²) >= 11 is 0. The van der Waals surface area contributed by atoms with E-state index in [1.54, 1.807) is 6.07 Å². The van der Waals surface area contributed by atoms with Gasteiger partial charge >= 0.3 is 0 Å². The van der Waals surface area contributed by atoms with Crippen LogP contribution in [0, 0.1) is 13.8 Å². The number of anilines is 1. The lowest BCUT2D eigenvalue weighted by atomic mass is 10.1. The van der Waals surface area contributed by atoms with Gasteiger partial charge in [-0.25, -0.2) is 0 Å². The van der Waals surface area contributed by atoms with Gasteiger partial charge in [-0.3, -0.25) is 9.59 Å². The van der Waals surface area contributed by atoms with Gasteiger partial charge in [0, 0.05) is 0 Å². The number of aryl methyl sites for hydroxylation is 2. The Bertz CT molecular complexity index is 399. The highest BCUT2D eigenvalue weighted by Gasteiger charge is 2.10. The van der Waals surface area contributed by atoms with Gasteiger partial charge in [0.05, 0.1) is 12.8 Å². The topological polar surface area (TPSA) is 55.4 Å². The third-order valence-electron chi connectivity index (χ3n) is 2.02. The fourth-order valence-electron chi connectivity index (χ4n) is 1.40. The highest BCUT2D eigenvalue weighted by Crippen LogP contribution is 2.29. The molecule has 0 heterocycles. The average molecular weight is 207 g/mol.